The van der Waals surface area contributed by atoms with Crippen LogP contribution in [0, 0.1) is 0 Å². The molecule has 0 aliphatic carbocycles. The minimum Gasteiger partial charge on any atom is -0.481 e. The van der Waals surface area contributed by atoms with E-state index >= 15 is 0 Å². The van der Waals surface area contributed by atoms with Crippen LogP contribution in [0.25, 0.3) is 0 Å². The van der Waals surface area contributed by atoms with Gasteiger partial charge in [0.15, 0.2) is 15.7 Å². The molecule has 1 saturated heterocycles. The second-order valence-electron chi connectivity index (χ2n) is 4.36. The molecule has 1 aromatic rings. The first-order chi connectivity index (χ1) is 8.47. The van der Waals surface area contributed by atoms with Crippen molar-refractivity contribution in [3.63, 3.8) is 0 Å². The Bertz CT molecular complexity index is 536. The van der Waals surface area contributed by atoms with Crippen LogP contribution < -0.4 is 0 Å². The Hall–Kier alpha value is -1.44. The Morgan fingerprint density at radius 2 is 2.22 bits per heavy atom. The second-order valence-corrected chi connectivity index (χ2v) is 6.76. The van der Waals surface area contributed by atoms with E-state index in [-0.39, 0.29) is 30.3 Å². The van der Waals surface area contributed by atoms with Crippen molar-refractivity contribution in [1.29, 1.82) is 0 Å². The van der Waals surface area contributed by atoms with Crippen LogP contribution in [-0.2, 0) is 27.5 Å². The Balaban J connectivity index is 2.04. The molecular formula is C10H14N2O5S. The molecule has 0 radical (unpaired) electrons. The van der Waals surface area contributed by atoms with Crippen molar-refractivity contribution < 1.29 is 22.8 Å². The van der Waals surface area contributed by atoms with Crippen molar-refractivity contribution in [1.82, 2.24) is 10.1 Å². The van der Waals surface area contributed by atoms with Gasteiger partial charge in [0, 0.05) is 6.42 Å². The molecule has 8 heteroatoms. The van der Waals surface area contributed by atoms with Crippen molar-refractivity contribution >= 4 is 15.8 Å². The van der Waals surface area contributed by atoms with Crippen LogP contribution in [0.3, 0.4) is 0 Å². The molecule has 2 heterocycles. The van der Waals surface area contributed by atoms with Crippen LogP contribution in [0.5, 0.6) is 0 Å². The van der Waals surface area contributed by atoms with Crippen LogP contribution in [0.1, 0.15) is 31.0 Å². The predicted octanol–water partition coefficient (Wildman–Crippen LogP) is 0.206. The molecule has 0 bridgehead atoms. The molecule has 0 saturated carbocycles. The van der Waals surface area contributed by atoms with E-state index in [0.29, 0.717) is 12.8 Å². The number of aromatic nitrogens is 2. The van der Waals surface area contributed by atoms with Gasteiger partial charge in [0.05, 0.1) is 11.0 Å². The number of hydrogen-bond acceptors (Lipinski definition) is 6. The summed E-state index contributed by atoms with van der Waals surface area (Å²) < 4.78 is 28.4. The molecular weight excluding hydrogens is 260 g/mol. The van der Waals surface area contributed by atoms with Gasteiger partial charge in [-0.15, -0.1) is 0 Å². The maximum atomic E-state index is 11.8. The lowest BCUT2D eigenvalue weighted by atomic mass is 10.1. The van der Waals surface area contributed by atoms with Gasteiger partial charge < -0.3 is 9.63 Å². The van der Waals surface area contributed by atoms with E-state index in [1.807, 2.05) is 0 Å². The molecule has 1 unspecified atom stereocenters. The van der Waals surface area contributed by atoms with Crippen LogP contribution >= 0.6 is 0 Å². The summed E-state index contributed by atoms with van der Waals surface area (Å²) in [5, 5.41) is 11.6. The van der Waals surface area contributed by atoms with Gasteiger partial charge in [0.1, 0.15) is 6.42 Å². The summed E-state index contributed by atoms with van der Waals surface area (Å²) in [7, 11) is -3.08. The summed E-state index contributed by atoms with van der Waals surface area (Å²) in [6, 6.07) is 0. The van der Waals surface area contributed by atoms with Gasteiger partial charge in [-0.1, -0.05) is 11.6 Å². The fourth-order valence-electron chi connectivity index (χ4n) is 2.03. The second kappa shape index (κ2) is 5.05. The lowest BCUT2D eigenvalue weighted by molar-refractivity contribution is -0.136. The fourth-order valence-corrected chi connectivity index (χ4v) is 3.89. The highest BCUT2D eigenvalue weighted by molar-refractivity contribution is 7.92. The Kier molecular flexibility index (Phi) is 3.65. The maximum Gasteiger partial charge on any atom is 0.311 e. The summed E-state index contributed by atoms with van der Waals surface area (Å²) in [5.41, 5.74) is 0. The van der Waals surface area contributed by atoms with E-state index < -0.39 is 21.1 Å². The Morgan fingerprint density at radius 3 is 2.89 bits per heavy atom. The normalized spacial score (nSPS) is 22.8. The predicted molar refractivity (Wildman–Crippen MR) is 60.8 cm³/mol. The molecule has 1 fully saturated rings. The van der Waals surface area contributed by atoms with E-state index in [1.165, 1.54) is 0 Å². The standard InChI is InChI=1S/C10H14N2O5S/c13-10(14)6-8-11-9(17-12-8)5-7-3-1-2-4-18(7,15)16/h7H,1-6H2,(H,13,14). The van der Waals surface area contributed by atoms with Crippen LogP contribution in [0.2, 0.25) is 0 Å². The monoisotopic (exact) mass is 274 g/mol. The Labute approximate surface area is 104 Å². The number of carboxylic acids is 1. The summed E-state index contributed by atoms with van der Waals surface area (Å²) in [6.07, 6.45) is 2.03. The van der Waals surface area contributed by atoms with Gasteiger partial charge in [0.2, 0.25) is 5.89 Å². The summed E-state index contributed by atoms with van der Waals surface area (Å²) in [5.74, 6) is -0.576. The first-order valence-corrected chi connectivity index (χ1v) is 7.44. The van der Waals surface area contributed by atoms with E-state index in [0.717, 1.165) is 6.42 Å². The molecule has 0 amide bonds. The molecule has 0 aromatic carbocycles. The average Bonchev–Trinajstić information content (AvgIpc) is 2.68. The minimum atomic E-state index is -3.08. The van der Waals surface area contributed by atoms with Gasteiger partial charge in [0.25, 0.3) is 0 Å². The third kappa shape index (κ3) is 3.06. The number of hydrogen-bond donors (Lipinski definition) is 1. The van der Waals surface area contributed by atoms with Gasteiger partial charge >= 0.3 is 5.97 Å². The lowest BCUT2D eigenvalue weighted by Gasteiger charge is -2.20. The topological polar surface area (TPSA) is 110 Å². The highest BCUT2D eigenvalue weighted by atomic mass is 32.2. The molecule has 1 atom stereocenters. The number of rotatable bonds is 4. The van der Waals surface area contributed by atoms with Crippen LogP contribution in [-0.4, -0.2) is 40.6 Å². The number of carbonyl (C=O) groups is 1. The van der Waals surface area contributed by atoms with E-state index in [1.54, 1.807) is 0 Å². The molecule has 100 valence electrons. The third-order valence-electron chi connectivity index (χ3n) is 2.93. The zero-order valence-corrected chi connectivity index (χ0v) is 10.5. The number of carboxylic acid groups (broad SMARTS) is 1. The first kappa shape index (κ1) is 13.0. The van der Waals surface area contributed by atoms with Crippen molar-refractivity contribution in [3.05, 3.63) is 11.7 Å². The van der Waals surface area contributed by atoms with Crippen LogP contribution in [0.15, 0.2) is 4.52 Å². The zero-order valence-electron chi connectivity index (χ0n) is 9.70. The van der Waals surface area contributed by atoms with E-state index in [9.17, 15) is 13.2 Å². The number of sulfone groups is 1. The highest BCUT2D eigenvalue weighted by Gasteiger charge is 2.30. The molecule has 7 nitrogen and oxygen atoms in total. The molecule has 1 N–H and O–H groups in total. The SMILES string of the molecule is O=C(O)Cc1noc(CC2CCCCS2(=O)=O)n1. The van der Waals surface area contributed by atoms with E-state index in [4.69, 9.17) is 9.63 Å². The molecule has 1 aliphatic heterocycles. The molecule has 2 rings (SSSR count). The minimum absolute atomic E-state index is 0.0747. The molecule has 18 heavy (non-hydrogen) atoms. The van der Waals surface area contributed by atoms with Gasteiger partial charge in [-0.2, -0.15) is 4.98 Å². The molecule has 1 aromatic heterocycles. The van der Waals surface area contributed by atoms with E-state index in [2.05, 4.69) is 10.1 Å². The zero-order chi connectivity index (χ0) is 13.2. The highest BCUT2D eigenvalue weighted by Crippen LogP contribution is 2.22. The van der Waals surface area contributed by atoms with Crippen molar-refractivity contribution in [2.75, 3.05) is 5.75 Å². The summed E-state index contributed by atoms with van der Waals surface area (Å²) in [4.78, 5) is 14.3. The van der Waals surface area contributed by atoms with Crippen molar-refractivity contribution in [2.45, 2.75) is 37.4 Å². The summed E-state index contributed by atoms with van der Waals surface area (Å²) >= 11 is 0. The Morgan fingerprint density at radius 1 is 1.44 bits per heavy atom. The third-order valence-corrected chi connectivity index (χ3v) is 5.21. The average molecular weight is 274 g/mol. The fraction of sp³-hybridized carbons (Fsp3) is 0.700. The van der Waals surface area contributed by atoms with Crippen molar-refractivity contribution in [3.8, 4) is 0 Å². The summed E-state index contributed by atoms with van der Waals surface area (Å²) in [6.45, 7) is 0. The van der Waals surface area contributed by atoms with Gasteiger partial charge in [-0.25, -0.2) is 8.42 Å². The molecule has 1 aliphatic rings. The van der Waals surface area contributed by atoms with Gasteiger partial charge in [-0.3, -0.25) is 4.79 Å². The quantitative estimate of drug-likeness (QED) is 0.835. The first-order valence-electron chi connectivity index (χ1n) is 5.72. The number of aliphatic carboxylic acids is 1. The number of nitrogens with zero attached hydrogens (tertiary/aromatic N) is 2. The molecule has 0 spiro atoms. The van der Waals surface area contributed by atoms with Crippen LogP contribution in [0.4, 0.5) is 0 Å². The van der Waals surface area contributed by atoms with Gasteiger partial charge in [-0.05, 0) is 12.8 Å². The smallest absolute Gasteiger partial charge is 0.311 e. The maximum absolute atomic E-state index is 11.8. The lowest BCUT2D eigenvalue weighted by Crippen LogP contribution is -2.30. The van der Waals surface area contributed by atoms with Crippen molar-refractivity contribution in [2.24, 2.45) is 0 Å². The largest absolute Gasteiger partial charge is 0.481 e.